The first-order valence-electron chi connectivity index (χ1n) is 2.67. The topological polar surface area (TPSA) is 54.4 Å². The molecule has 64 valence electrons. The molecule has 0 spiro atoms. The first kappa shape index (κ1) is 12.7. The van der Waals surface area contributed by atoms with Gasteiger partial charge in [0.1, 0.15) is 0 Å². The molecule has 0 aromatic heterocycles. The van der Waals surface area contributed by atoms with Crippen molar-refractivity contribution in [1.29, 1.82) is 0 Å². The van der Waals surface area contributed by atoms with E-state index in [0.29, 0.717) is 5.04 Å². The van der Waals surface area contributed by atoms with Crippen molar-refractivity contribution >= 4 is 20.7 Å². The third-order valence-electron chi connectivity index (χ3n) is 0. The smallest absolute Gasteiger partial charge is 0.260 e. The molecular weight excluding hydrogens is 175 g/mol. The van der Waals surface area contributed by atoms with Crippen molar-refractivity contribution in [2.45, 2.75) is 25.8 Å². The number of hydrogen-bond acceptors (Lipinski definition) is 2. The second-order valence-corrected chi connectivity index (χ2v) is 7.24. The number of hydrogen-bond donors (Lipinski definition) is 1. The summed E-state index contributed by atoms with van der Waals surface area (Å²) in [5.41, 5.74) is 0. The van der Waals surface area contributed by atoms with Gasteiger partial charge in [0.25, 0.3) is 0 Å². The van der Waals surface area contributed by atoms with Crippen LogP contribution in [0.15, 0.2) is 0 Å². The minimum Gasteiger partial charge on any atom is -0.260 e. The molecule has 0 amide bonds. The molecule has 3 nitrogen and oxygen atoms in total. The number of halogens is 1. The predicted molar refractivity (Wildman–Crippen MR) is 42.3 cm³/mol. The Morgan fingerprint density at radius 1 is 1.40 bits per heavy atom. The molecule has 0 saturated heterocycles. The van der Waals surface area contributed by atoms with Gasteiger partial charge in [-0.2, -0.15) is 8.42 Å². The first-order valence-corrected chi connectivity index (χ1v) is 5.01. The van der Waals surface area contributed by atoms with Gasteiger partial charge in [0.2, 0.25) is 0 Å². The third kappa shape index (κ3) is 124000. The fourth-order valence-electron chi connectivity index (χ4n) is 0. The van der Waals surface area contributed by atoms with E-state index in [-0.39, 0.29) is 0 Å². The van der Waals surface area contributed by atoms with Crippen molar-refractivity contribution in [2.75, 3.05) is 0 Å². The van der Waals surface area contributed by atoms with Gasteiger partial charge in [-0.1, -0.05) is 29.7 Å². The zero-order valence-electron chi connectivity index (χ0n) is 6.55. The summed E-state index contributed by atoms with van der Waals surface area (Å²) in [5.74, 6) is 0. The zero-order chi connectivity index (χ0) is 9.00. The molecule has 0 aromatic carbocycles. The van der Waals surface area contributed by atoms with Crippen molar-refractivity contribution < 1.29 is 16.9 Å². The summed E-state index contributed by atoms with van der Waals surface area (Å²) in [5, 5.41) is 0.639. The molecule has 0 aliphatic heterocycles. The molecule has 0 saturated carbocycles. The van der Waals surface area contributed by atoms with E-state index < -0.39 is 10.5 Å². The van der Waals surface area contributed by atoms with E-state index in [1.165, 1.54) is 10.2 Å². The summed E-state index contributed by atoms with van der Waals surface area (Å²) in [6.07, 6.45) is 0. The van der Waals surface area contributed by atoms with Gasteiger partial charge in [-0.15, -0.1) is 0 Å². The lowest BCUT2D eigenvalue weighted by molar-refractivity contribution is 0.435. The molecule has 0 fully saturated rings. The second-order valence-electron chi connectivity index (χ2n) is 3.41. The largest absolute Gasteiger partial charge is 0.435 e. The van der Waals surface area contributed by atoms with Crippen LogP contribution in [-0.4, -0.2) is 23.2 Å². The lowest BCUT2D eigenvalue weighted by atomic mass is 10.3. The molecule has 1 N–H and O–H groups in total. The van der Waals surface area contributed by atoms with Gasteiger partial charge >= 0.3 is 10.5 Å². The van der Waals surface area contributed by atoms with Crippen molar-refractivity contribution in [1.82, 2.24) is 0 Å². The van der Waals surface area contributed by atoms with Gasteiger partial charge in [-0.25, -0.2) is 0 Å². The van der Waals surface area contributed by atoms with Gasteiger partial charge in [0.15, 0.2) is 0 Å². The number of rotatable bonds is 0. The highest BCUT2D eigenvalue weighted by molar-refractivity contribution is 7.80. The maximum atomic E-state index is 10.2. The Hall–Kier alpha value is 0.0569. The van der Waals surface area contributed by atoms with Crippen molar-refractivity contribution in [3.8, 4) is 0 Å². The van der Waals surface area contributed by atoms with E-state index in [0.717, 1.165) is 0 Å². The van der Waals surface area contributed by atoms with Crippen LogP contribution in [0.25, 0.3) is 0 Å². The maximum Gasteiger partial charge on any atom is 0.435 e. The molecule has 0 heterocycles. The van der Waals surface area contributed by atoms with Crippen LogP contribution >= 0.6 is 0 Å². The molecule has 0 atom stereocenters. The summed E-state index contributed by atoms with van der Waals surface area (Å²) < 4.78 is 34.1. The molecule has 0 rings (SSSR count). The van der Waals surface area contributed by atoms with Crippen molar-refractivity contribution in [2.24, 2.45) is 0 Å². The van der Waals surface area contributed by atoms with Crippen LogP contribution in [0.5, 0.6) is 0 Å². The Bertz CT molecular complexity index is 155. The van der Waals surface area contributed by atoms with E-state index in [4.69, 9.17) is 13.0 Å². The highest BCUT2D eigenvalue weighted by atomic mass is 32.3. The average molecular weight is 188 g/mol. The van der Waals surface area contributed by atoms with Crippen molar-refractivity contribution in [3.05, 3.63) is 0 Å². The Morgan fingerprint density at radius 2 is 1.40 bits per heavy atom. The zero-order valence-corrected chi connectivity index (χ0v) is 9.37. The molecule has 6 heteroatoms. The third-order valence-corrected chi connectivity index (χ3v) is 0. The van der Waals surface area contributed by atoms with E-state index in [9.17, 15) is 3.89 Å². The molecule has 0 bridgehead atoms. The molecule has 0 aliphatic rings. The Kier molecular flexibility index (Phi) is 5.14. The molecular formula is C4H13FO3SSi. The van der Waals surface area contributed by atoms with Gasteiger partial charge in [0, 0.05) is 10.2 Å². The average Bonchev–Trinajstić information content (AvgIpc) is 1.12. The van der Waals surface area contributed by atoms with Crippen molar-refractivity contribution in [3.63, 3.8) is 0 Å². The van der Waals surface area contributed by atoms with Gasteiger partial charge < -0.3 is 0 Å². The summed E-state index contributed by atoms with van der Waals surface area (Å²) in [6, 6.07) is 0. The summed E-state index contributed by atoms with van der Waals surface area (Å²) >= 11 is 0. The van der Waals surface area contributed by atoms with Gasteiger partial charge in [-0.05, 0) is 0 Å². The van der Waals surface area contributed by atoms with Crippen LogP contribution in [0.4, 0.5) is 3.89 Å². The monoisotopic (exact) mass is 188 g/mol. The molecule has 10 heavy (non-hydrogen) atoms. The summed E-state index contributed by atoms with van der Waals surface area (Å²) in [4.78, 5) is 0. The van der Waals surface area contributed by atoms with Crippen LogP contribution in [0, 0.1) is 0 Å². The van der Waals surface area contributed by atoms with Gasteiger partial charge in [0.05, 0.1) is 0 Å². The highest BCUT2D eigenvalue weighted by Gasteiger charge is 1.95. The van der Waals surface area contributed by atoms with Crippen LogP contribution < -0.4 is 0 Å². The normalized spacial score (nSPS) is 12.1. The van der Waals surface area contributed by atoms with E-state index >= 15 is 0 Å². The lowest BCUT2D eigenvalue weighted by Gasteiger charge is -2.05. The molecule has 0 aromatic rings. The standard InChI is InChI=1S/C4H12Si.FHO3S/c1-4(2,3)5;1-5(2,3)4/h1-3,5H3;(H,2,3,4). The van der Waals surface area contributed by atoms with Crippen LogP contribution in [0.3, 0.4) is 0 Å². The Balaban J connectivity index is 0. The summed E-state index contributed by atoms with van der Waals surface area (Å²) in [6.45, 7) is 6.75. The molecule has 0 radical (unpaired) electrons. The van der Waals surface area contributed by atoms with E-state index in [1.54, 1.807) is 0 Å². The van der Waals surface area contributed by atoms with Crippen LogP contribution in [0.1, 0.15) is 20.8 Å². The molecule has 0 aliphatic carbocycles. The second kappa shape index (κ2) is 4.04. The minimum absolute atomic E-state index is 0.639. The minimum atomic E-state index is -5.17. The maximum absolute atomic E-state index is 10.2. The van der Waals surface area contributed by atoms with Crippen LogP contribution in [0.2, 0.25) is 5.04 Å². The van der Waals surface area contributed by atoms with E-state index in [1.807, 2.05) is 0 Å². The summed E-state index contributed by atoms with van der Waals surface area (Å²) in [7, 11) is -3.86. The van der Waals surface area contributed by atoms with Crippen LogP contribution in [-0.2, 0) is 10.5 Å². The highest BCUT2D eigenvalue weighted by Crippen LogP contribution is 2.13. The van der Waals surface area contributed by atoms with Gasteiger partial charge in [-0.3, -0.25) is 4.55 Å². The molecule has 0 unspecified atom stereocenters. The fraction of sp³-hybridized carbons (Fsp3) is 1.00. The Morgan fingerprint density at radius 3 is 1.40 bits per heavy atom. The first-order chi connectivity index (χ1) is 4.00. The quantitative estimate of drug-likeness (QED) is 0.338. The lowest BCUT2D eigenvalue weighted by Crippen LogP contribution is -1.90. The predicted octanol–water partition coefficient (Wildman–Crippen LogP) is 0.329. The fourth-order valence-corrected chi connectivity index (χ4v) is 0. The SMILES string of the molecule is CC(C)(C)[SiH3].O=S(=O)(O)F. The Labute approximate surface area is 64.1 Å². The van der Waals surface area contributed by atoms with E-state index in [2.05, 4.69) is 20.8 Å².